The first kappa shape index (κ1) is 14.2. The quantitative estimate of drug-likeness (QED) is 0.926. The molecule has 0 saturated heterocycles. The van der Waals surface area contributed by atoms with E-state index in [1.807, 2.05) is 6.07 Å². The summed E-state index contributed by atoms with van der Waals surface area (Å²) in [5, 5.41) is 12.3. The third kappa shape index (κ3) is 3.19. The average molecular weight is 291 g/mol. The van der Waals surface area contributed by atoms with Crippen LogP contribution in [-0.4, -0.2) is 7.11 Å². The second-order valence-electron chi connectivity index (χ2n) is 4.12. The Morgan fingerprint density at radius 1 is 1.30 bits per heavy atom. The van der Waals surface area contributed by atoms with Crippen molar-refractivity contribution in [2.45, 2.75) is 6.54 Å². The first-order chi connectivity index (χ1) is 9.63. The molecule has 2 aromatic carbocycles. The van der Waals surface area contributed by atoms with Gasteiger partial charge < -0.3 is 10.1 Å². The highest BCUT2D eigenvalue weighted by Crippen LogP contribution is 2.27. The molecule has 1 N–H and O–H groups in total. The SMILES string of the molecule is COc1cc(NCc2ccc(C#N)cc2F)ccc1Cl. The number of methoxy groups -OCH3 is 1. The van der Waals surface area contributed by atoms with Gasteiger partial charge in [-0.05, 0) is 24.3 Å². The Hall–Kier alpha value is -2.25. The third-order valence-electron chi connectivity index (χ3n) is 2.82. The van der Waals surface area contributed by atoms with Crippen LogP contribution in [0.5, 0.6) is 5.75 Å². The highest BCUT2D eigenvalue weighted by atomic mass is 35.5. The molecule has 0 fully saturated rings. The molecule has 5 heteroatoms. The van der Waals surface area contributed by atoms with E-state index in [2.05, 4.69) is 5.32 Å². The molecule has 0 amide bonds. The maximum Gasteiger partial charge on any atom is 0.139 e. The van der Waals surface area contributed by atoms with E-state index in [-0.39, 0.29) is 0 Å². The van der Waals surface area contributed by atoms with Crippen molar-refractivity contribution in [2.24, 2.45) is 0 Å². The Labute approximate surface area is 121 Å². The topological polar surface area (TPSA) is 45.0 Å². The van der Waals surface area contributed by atoms with E-state index in [0.29, 0.717) is 28.4 Å². The van der Waals surface area contributed by atoms with Gasteiger partial charge in [-0.3, -0.25) is 0 Å². The lowest BCUT2D eigenvalue weighted by atomic mass is 10.1. The summed E-state index contributed by atoms with van der Waals surface area (Å²) in [4.78, 5) is 0. The number of ether oxygens (including phenoxy) is 1. The summed E-state index contributed by atoms with van der Waals surface area (Å²) < 4.78 is 18.8. The number of nitriles is 1. The van der Waals surface area contributed by atoms with E-state index in [1.165, 1.54) is 13.2 Å². The van der Waals surface area contributed by atoms with Crippen molar-refractivity contribution in [2.75, 3.05) is 12.4 Å². The van der Waals surface area contributed by atoms with E-state index < -0.39 is 5.82 Å². The summed E-state index contributed by atoms with van der Waals surface area (Å²) in [5.74, 6) is 0.148. The average Bonchev–Trinajstić information content (AvgIpc) is 2.47. The van der Waals surface area contributed by atoms with E-state index in [0.717, 1.165) is 5.69 Å². The highest BCUT2D eigenvalue weighted by Gasteiger charge is 2.05. The van der Waals surface area contributed by atoms with E-state index in [9.17, 15) is 4.39 Å². The lowest BCUT2D eigenvalue weighted by Gasteiger charge is -2.10. The molecular formula is C15H12ClFN2O. The van der Waals surface area contributed by atoms with E-state index in [1.54, 1.807) is 30.3 Å². The van der Waals surface area contributed by atoms with Gasteiger partial charge in [-0.1, -0.05) is 17.7 Å². The number of anilines is 1. The normalized spacial score (nSPS) is 9.90. The van der Waals surface area contributed by atoms with Gasteiger partial charge >= 0.3 is 0 Å². The van der Waals surface area contributed by atoms with Crippen LogP contribution in [0.1, 0.15) is 11.1 Å². The monoisotopic (exact) mass is 290 g/mol. The summed E-state index contributed by atoms with van der Waals surface area (Å²) in [6.07, 6.45) is 0. The summed E-state index contributed by atoms with van der Waals surface area (Å²) in [6.45, 7) is 0.308. The van der Waals surface area contributed by atoms with Crippen LogP contribution in [0.2, 0.25) is 5.02 Å². The molecule has 0 aromatic heterocycles. The minimum atomic E-state index is -0.405. The number of rotatable bonds is 4. The molecule has 0 aliphatic rings. The van der Waals surface area contributed by atoms with Gasteiger partial charge in [0.1, 0.15) is 11.6 Å². The van der Waals surface area contributed by atoms with Gasteiger partial charge in [-0.2, -0.15) is 5.26 Å². The summed E-state index contributed by atoms with van der Waals surface area (Å²) >= 11 is 5.93. The van der Waals surface area contributed by atoms with E-state index in [4.69, 9.17) is 21.6 Å². The summed E-state index contributed by atoms with van der Waals surface area (Å²) in [6, 6.07) is 11.5. The molecule has 0 radical (unpaired) electrons. The lowest BCUT2D eigenvalue weighted by molar-refractivity contribution is 0.415. The summed E-state index contributed by atoms with van der Waals surface area (Å²) in [7, 11) is 1.53. The van der Waals surface area contributed by atoms with Gasteiger partial charge in [0.05, 0.1) is 23.8 Å². The van der Waals surface area contributed by atoms with Gasteiger partial charge in [0.25, 0.3) is 0 Å². The van der Waals surface area contributed by atoms with Crippen LogP contribution >= 0.6 is 11.6 Å². The van der Waals surface area contributed by atoms with Crippen molar-refractivity contribution in [1.82, 2.24) is 0 Å². The minimum Gasteiger partial charge on any atom is -0.495 e. The van der Waals surface area contributed by atoms with Crippen molar-refractivity contribution < 1.29 is 9.13 Å². The molecule has 2 rings (SSSR count). The van der Waals surface area contributed by atoms with Gasteiger partial charge in [0, 0.05) is 23.9 Å². The number of benzene rings is 2. The highest BCUT2D eigenvalue weighted by molar-refractivity contribution is 6.32. The van der Waals surface area contributed by atoms with Crippen molar-refractivity contribution in [1.29, 1.82) is 5.26 Å². The van der Waals surface area contributed by atoms with Gasteiger partial charge in [0.15, 0.2) is 0 Å². The van der Waals surface area contributed by atoms with Crippen LogP contribution in [0.3, 0.4) is 0 Å². The maximum atomic E-state index is 13.7. The summed E-state index contributed by atoms with van der Waals surface area (Å²) in [5.41, 5.74) is 1.56. The Balaban J connectivity index is 2.11. The van der Waals surface area contributed by atoms with Crippen LogP contribution < -0.4 is 10.1 Å². The van der Waals surface area contributed by atoms with Crippen molar-refractivity contribution in [3.63, 3.8) is 0 Å². The second kappa shape index (κ2) is 6.27. The zero-order valence-corrected chi connectivity index (χ0v) is 11.5. The third-order valence-corrected chi connectivity index (χ3v) is 3.13. The molecule has 0 heterocycles. The first-order valence-corrected chi connectivity index (χ1v) is 6.28. The Morgan fingerprint density at radius 3 is 2.75 bits per heavy atom. The fourth-order valence-electron chi connectivity index (χ4n) is 1.73. The molecule has 0 unspecified atom stereocenters. The van der Waals surface area contributed by atoms with Crippen LogP contribution in [0.4, 0.5) is 10.1 Å². The molecule has 20 heavy (non-hydrogen) atoms. The Kier molecular flexibility index (Phi) is 4.44. The number of hydrogen-bond acceptors (Lipinski definition) is 3. The predicted octanol–water partition coefficient (Wildman–Crippen LogP) is 3.97. The first-order valence-electron chi connectivity index (χ1n) is 5.90. The molecule has 0 spiro atoms. The van der Waals surface area contributed by atoms with Crippen molar-refractivity contribution >= 4 is 17.3 Å². The fourth-order valence-corrected chi connectivity index (χ4v) is 1.92. The van der Waals surface area contributed by atoms with Crippen LogP contribution in [-0.2, 0) is 6.54 Å². The van der Waals surface area contributed by atoms with Crippen LogP contribution in [0.15, 0.2) is 36.4 Å². The van der Waals surface area contributed by atoms with Crippen LogP contribution in [0, 0.1) is 17.1 Å². The molecule has 3 nitrogen and oxygen atoms in total. The van der Waals surface area contributed by atoms with Gasteiger partial charge in [-0.15, -0.1) is 0 Å². The number of hydrogen-bond donors (Lipinski definition) is 1. The predicted molar refractivity (Wildman–Crippen MR) is 76.4 cm³/mol. The fraction of sp³-hybridized carbons (Fsp3) is 0.133. The zero-order chi connectivity index (χ0) is 14.5. The van der Waals surface area contributed by atoms with Gasteiger partial charge in [-0.25, -0.2) is 4.39 Å². The van der Waals surface area contributed by atoms with E-state index >= 15 is 0 Å². The standard InChI is InChI=1S/C15H12ClFN2O/c1-20-15-7-12(4-5-13(15)16)19-9-11-3-2-10(8-18)6-14(11)17/h2-7,19H,9H2,1H3. The largest absolute Gasteiger partial charge is 0.495 e. The maximum absolute atomic E-state index is 13.7. The molecular weight excluding hydrogens is 279 g/mol. The molecule has 0 aliphatic heterocycles. The van der Waals surface area contributed by atoms with Crippen molar-refractivity contribution in [3.05, 3.63) is 58.4 Å². The zero-order valence-electron chi connectivity index (χ0n) is 10.8. The lowest BCUT2D eigenvalue weighted by Crippen LogP contribution is -2.02. The molecule has 0 bridgehead atoms. The second-order valence-corrected chi connectivity index (χ2v) is 4.53. The molecule has 2 aromatic rings. The Bertz CT molecular complexity index is 667. The minimum absolute atomic E-state index is 0.305. The van der Waals surface area contributed by atoms with Crippen LogP contribution in [0.25, 0.3) is 0 Å². The molecule has 0 atom stereocenters. The molecule has 102 valence electrons. The molecule has 0 saturated carbocycles. The number of nitrogens with zero attached hydrogens (tertiary/aromatic N) is 1. The smallest absolute Gasteiger partial charge is 0.139 e. The number of nitrogens with one attached hydrogen (secondary N) is 1. The van der Waals surface area contributed by atoms with Gasteiger partial charge in [0.2, 0.25) is 0 Å². The van der Waals surface area contributed by atoms with Crippen molar-refractivity contribution in [3.8, 4) is 11.8 Å². The molecule has 0 aliphatic carbocycles. The number of halogens is 2. The Morgan fingerprint density at radius 2 is 2.10 bits per heavy atom.